The molecule has 0 saturated carbocycles. The molecule has 2 aliphatic rings. The zero-order chi connectivity index (χ0) is 17.1. The summed E-state index contributed by atoms with van der Waals surface area (Å²) in [6.07, 6.45) is -1.02. The van der Waals surface area contributed by atoms with Gasteiger partial charge in [0, 0.05) is 17.7 Å². The smallest absolute Gasteiger partial charge is 0.210 e. The molecule has 3 N–H and O–H groups in total. The molecular formula is C17H14O7. The van der Waals surface area contributed by atoms with Gasteiger partial charge in [-0.1, -0.05) is 12.1 Å². The Morgan fingerprint density at radius 1 is 1.25 bits per heavy atom. The molecule has 7 heteroatoms. The summed E-state index contributed by atoms with van der Waals surface area (Å²) < 4.78 is 16.2. The summed E-state index contributed by atoms with van der Waals surface area (Å²) in [6.45, 7) is -0.135. The first kappa shape index (κ1) is 14.6. The molecule has 7 nitrogen and oxygen atoms in total. The number of hydrogen-bond donors (Lipinski definition) is 3. The number of benzene rings is 2. The molecule has 24 heavy (non-hydrogen) atoms. The number of carbonyl (C=O) groups excluding carboxylic acids is 1. The number of rotatable bonds is 1. The third-order valence-corrected chi connectivity index (χ3v) is 4.38. The number of aliphatic hydroxyl groups is 1. The van der Waals surface area contributed by atoms with Crippen LogP contribution in [0.2, 0.25) is 0 Å². The number of fused-ring (bicyclic) bond motifs is 4. The Hall–Kier alpha value is -2.93. The molecule has 2 aliphatic heterocycles. The summed E-state index contributed by atoms with van der Waals surface area (Å²) in [5.74, 6) is -0.793. The number of ether oxygens (including phenoxy) is 3. The van der Waals surface area contributed by atoms with Gasteiger partial charge in [-0.15, -0.1) is 0 Å². The van der Waals surface area contributed by atoms with Gasteiger partial charge in [0.25, 0.3) is 0 Å². The number of carbonyl (C=O) groups is 1. The summed E-state index contributed by atoms with van der Waals surface area (Å²) in [4.78, 5) is 13.0. The lowest BCUT2D eigenvalue weighted by atomic mass is 9.77. The molecule has 0 spiro atoms. The highest BCUT2D eigenvalue weighted by atomic mass is 16.6. The van der Waals surface area contributed by atoms with Crippen molar-refractivity contribution >= 4 is 5.78 Å². The first-order valence-electron chi connectivity index (χ1n) is 7.27. The first-order valence-corrected chi connectivity index (χ1v) is 7.27. The van der Waals surface area contributed by atoms with Crippen LogP contribution in [0.4, 0.5) is 0 Å². The van der Waals surface area contributed by atoms with E-state index in [1.54, 1.807) is 0 Å². The second kappa shape index (κ2) is 4.78. The molecule has 0 aromatic heterocycles. The predicted molar refractivity (Wildman–Crippen MR) is 80.9 cm³/mol. The Bertz CT molecular complexity index is 860. The highest BCUT2D eigenvalue weighted by molar-refractivity contribution is 6.09. The van der Waals surface area contributed by atoms with Crippen molar-refractivity contribution in [2.24, 2.45) is 0 Å². The summed E-state index contributed by atoms with van der Waals surface area (Å²) >= 11 is 0. The number of Topliss-reactive ketones (excluding diaryl/α,β-unsaturated/α-hetero) is 1. The monoisotopic (exact) mass is 330 g/mol. The van der Waals surface area contributed by atoms with Crippen LogP contribution in [0.25, 0.3) is 0 Å². The molecule has 0 fully saturated rings. The maximum absolute atomic E-state index is 13.0. The van der Waals surface area contributed by atoms with Crippen LogP contribution in [0.3, 0.4) is 0 Å². The fourth-order valence-electron chi connectivity index (χ4n) is 3.18. The Kier molecular flexibility index (Phi) is 2.92. The van der Waals surface area contributed by atoms with Crippen LogP contribution >= 0.6 is 0 Å². The average molecular weight is 330 g/mol. The molecule has 0 bridgehead atoms. The van der Waals surface area contributed by atoms with Gasteiger partial charge in [0.05, 0.1) is 7.11 Å². The van der Waals surface area contributed by atoms with Crippen LogP contribution in [-0.2, 0) is 5.60 Å². The van der Waals surface area contributed by atoms with Crippen molar-refractivity contribution in [2.45, 2.75) is 11.7 Å². The summed E-state index contributed by atoms with van der Waals surface area (Å²) in [5.41, 5.74) is -2.10. The molecular weight excluding hydrogens is 316 g/mol. The molecule has 2 atom stereocenters. The van der Waals surface area contributed by atoms with Gasteiger partial charge in [0.2, 0.25) is 5.78 Å². The van der Waals surface area contributed by atoms with Crippen molar-refractivity contribution < 1.29 is 34.3 Å². The second-order valence-electron chi connectivity index (χ2n) is 5.69. The molecule has 0 aliphatic carbocycles. The summed E-state index contributed by atoms with van der Waals surface area (Å²) in [7, 11) is 1.42. The number of phenols is 2. The van der Waals surface area contributed by atoms with Crippen molar-refractivity contribution in [2.75, 3.05) is 13.7 Å². The van der Waals surface area contributed by atoms with Crippen LogP contribution in [-0.4, -0.2) is 40.9 Å². The third-order valence-electron chi connectivity index (χ3n) is 4.38. The van der Waals surface area contributed by atoms with Crippen molar-refractivity contribution in [3.05, 3.63) is 41.5 Å². The standard InChI is InChI=1S/C17H14O7/c1-22-8-5-11(19)14-12(6-8)24-13-7-23-15-9(3-2-4-10(15)18)17(13,21)16(14)20/h2-6,13,18-19,21H,7H2,1H3/t13?,17-/m1/s1. The van der Waals surface area contributed by atoms with Crippen LogP contribution in [0, 0.1) is 0 Å². The van der Waals surface area contributed by atoms with Gasteiger partial charge in [0.15, 0.2) is 23.2 Å². The number of phenolic OH excluding ortho intramolecular Hbond substituents is 2. The lowest BCUT2D eigenvalue weighted by Crippen LogP contribution is -2.57. The van der Waals surface area contributed by atoms with Crippen molar-refractivity contribution in [3.63, 3.8) is 0 Å². The summed E-state index contributed by atoms with van der Waals surface area (Å²) in [6, 6.07) is 7.10. The largest absolute Gasteiger partial charge is 0.507 e. The van der Waals surface area contributed by atoms with E-state index >= 15 is 0 Å². The fourth-order valence-corrected chi connectivity index (χ4v) is 3.18. The van der Waals surface area contributed by atoms with E-state index in [4.69, 9.17) is 14.2 Å². The fraction of sp³-hybridized carbons (Fsp3) is 0.235. The van der Waals surface area contributed by atoms with Crippen molar-refractivity contribution in [1.82, 2.24) is 0 Å². The molecule has 4 rings (SSSR count). The maximum atomic E-state index is 13.0. The Morgan fingerprint density at radius 3 is 2.79 bits per heavy atom. The van der Waals surface area contributed by atoms with Crippen LogP contribution < -0.4 is 14.2 Å². The minimum absolute atomic E-state index is 0.0321. The zero-order valence-corrected chi connectivity index (χ0v) is 12.6. The van der Waals surface area contributed by atoms with E-state index in [0.29, 0.717) is 5.75 Å². The normalized spacial score (nSPS) is 24.1. The van der Waals surface area contributed by atoms with Gasteiger partial charge in [-0.25, -0.2) is 0 Å². The minimum Gasteiger partial charge on any atom is -0.507 e. The third kappa shape index (κ3) is 1.73. The van der Waals surface area contributed by atoms with Crippen LogP contribution in [0.15, 0.2) is 30.3 Å². The van der Waals surface area contributed by atoms with E-state index < -0.39 is 17.5 Å². The maximum Gasteiger partial charge on any atom is 0.210 e. The number of aromatic hydroxyl groups is 2. The van der Waals surface area contributed by atoms with Gasteiger partial charge in [-0.2, -0.15) is 0 Å². The molecule has 2 aromatic rings. The molecule has 124 valence electrons. The number of methoxy groups -OCH3 is 1. The van der Waals surface area contributed by atoms with E-state index in [9.17, 15) is 20.1 Å². The Balaban J connectivity index is 1.94. The van der Waals surface area contributed by atoms with Gasteiger partial charge in [0.1, 0.15) is 29.4 Å². The minimum atomic E-state index is -2.06. The topological polar surface area (TPSA) is 105 Å². The first-order chi connectivity index (χ1) is 11.5. The average Bonchev–Trinajstić information content (AvgIpc) is 2.56. The van der Waals surface area contributed by atoms with Crippen molar-refractivity contribution in [1.29, 1.82) is 0 Å². The Morgan fingerprint density at radius 2 is 2.04 bits per heavy atom. The quantitative estimate of drug-likeness (QED) is 0.724. The molecule has 0 radical (unpaired) electrons. The molecule has 2 heterocycles. The highest BCUT2D eigenvalue weighted by Crippen LogP contribution is 2.50. The molecule has 0 saturated heterocycles. The van der Waals surface area contributed by atoms with E-state index in [0.717, 1.165) is 0 Å². The molecule has 2 aromatic carbocycles. The molecule has 1 unspecified atom stereocenters. The SMILES string of the molecule is COc1cc(O)c2c(c1)OC1COc3c(O)cccc3[C@]1(O)C2=O. The highest BCUT2D eigenvalue weighted by Gasteiger charge is 2.56. The number of para-hydroxylation sites is 1. The van der Waals surface area contributed by atoms with Crippen molar-refractivity contribution in [3.8, 4) is 28.7 Å². The zero-order valence-electron chi connectivity index (χ0n) is 12.6. The lowest BCUT2D eigenvalue weighted by Gasteiger charge is -2.43. The summed E-state index contributed by atoms with van der Waals surface area (Å²) in [5, 5.41) is 31.2. The van der Waals surface area contributed by atoms with Gasteiger partial charge >= 0.3 is 0 Å². The van der Waals surface area contributed by atoms with Gasteiger partial charge in [-0.05, 0) is 6.07 Å². The lowest BCUT2D eigenvalue weighted by molar-refractivity contribution is -0.0806. The molecule has 0 amide bonds. The van der Waals surface area contributed by atoms with Gasteiger partial charge in [-0.3, -0.25) is 4.79 Å². The number of hydrogen-bond acceptors (Lipinski definition) is 7. The van der Waals surface area contributed by atoms with Crippen LogP contribution in [0.1, 0.15) is 15.9 Å². The van der Waals surface area contributed by atoms with E-state index in [1.807, 2.05) is 0 Å². The number of ketones is 1. The Labute approximate surface area is 136 Å². The predicted octanol–water partition coefficient (Wildman–Crippen LogP) is 1.33. The second-order valence-corrected chi connectivity index (χ2v) is 5.69. The van der Waals surface area contributed by atoms with E-state index in [1.165, 1.54) is 37.4 Å². The van der Waals surface area contributed by atoms with Crippen LogP contribution in [0.5, 0.6) is 28.7 Å². The van der Waals surface area contributed by atoms with E-state index in [2.05, 4.69) is 0 Å². The van der Waals surface area contributed by atoms with Gasteiger partial charge < -0.3 is 29.5 Å². The van der Waals surface area contributed by atoms with E-state index in [-0.39, 0.29) is 40.7 Å².